The number of aliphatic hydroxyl groups excluding tert-OH is 2. The van der Waals surface area contributed by atoms with Crippen LogP contribution in [-0.4, -0.2) is 185 Å². The first-order chi connectivity index (χ1) is 68.9. The number of aromatic nitrogens is 1. The van der Waals surface area contributed by atoms with E-state index in [0.29, 0.717) is 68.3 Å². The second-order valence-electron chi connectivity index (χ2n) is 34.6. The number of anilines is 2. The third kappa shape index (κ3) is 66.6. The number of ether oxygens (including phenoxy) is 6. The van der Waals surface area contributed by atoms with Crippen molar-refractivity contribution in [1.29, 1.82) is 0 Å². The van der Waals surface area contributed by atoms with Gasteiger partial charge in [0, 0.05) is 92.7 Å². The van der Waals surface area contributed by atoms with Gasteiger partial charge in [0.1, 0.15) is 42.8 Å². The van der Waals surface area contributed by atoms with E-state index in [0.717, 1.165) is 90.5 Å². The number of benzene rings is 11. The summed E-state index contributed by atoms with van der Waals surface area (Å²) in [5.74, 6) is 1.90. The molecule has 1 aliphatic rings. The molecule has 0 saturated carbocycles. The normalized spacial score (nSPS) is 10.6. The van der Waals surface area contributed by atoms with E-state index in [-0.39, 0.29) is 57.1 Å². The molecule has 0 unspecified atom stereocenters. The highest BCUT2D eigenvalue weighted by molar-refractivity contribution is 6.34. The van der Waals surface area contributed by atoms with E-state index in [1.807, 2.05) is 219 Å². The third-order valence-electron chi connectivity index (χ3n) is 20.4. The van der Waals surface area contributed by atoms with Crippen LogP contribution in [0.4, 0.5) is 21.0 Å². The summed E-state index contributed by atoms with van der Waals surface area (Å²) in [6.45, 7) is 45.0. The van der Waals surface area contributed by atoms with Gasteiger partial charge < -0.3 is 93.9 Å². The Kier molecular flexibility index (Phi) is 65.8. The number of primary amides is 5. The van der Waals surface area contributed by atoms with Crippen LogP contribution in [0.1, 0.15) is 118 Å². The number of hydrogen-bond donors (Lipinski definition) is 11. The van der Waals surface area contributed by atoms with Crippen molar-refractivity contribution in [2.24, 2.45) is 34.4 Å². The average Bonchev–Trinajstić information content (AvgIpc) is 0.862. The second-order valence-corrected chi connectivity index (χ2v) is 35.5. The van der Waals surface area contributed by atoms with Crippen molar-refractivity contribution in [2.45, 2.75) is 144 Å². The Hall–Kier alpha value is -13.9. The summed E-state index contributed by atoms with van der Waals surface area (Å²) in [5, 5.41) is 27.5. The van der Waals surface area contributed by atoms with Gasteiger partial charge in [-0.1, -0.05) is 237 Å². The Balaban J connectivity index is 0.000000537. The van der Waals surface area contributed by atoms with Crippen LogP contribution in [0.5, 0.6) is 23.0 Å². The fourth-order valence-corrected chi connectivity index (χ4v) is 13.3. The summed E-state index contributed by atoms with van der Waals surface area (Å²) < 4.78 is 30.8. The molecule has 12 aromatic rings. The summed E-state index contributed by atoms with van der Waals surface area (Å²) in [6, 6.07) is 84.9. The van der Waals surface area contributed by atoms with Gasteiger partial charge >= 0.3 is 12.1 Å². The molecule has 784 valence electrons. The minimum absolute atomic E-state index is 0.0664. The van der Waals surface area contributed by atoms with Crippen LogP contribution in [0.25, 0.3) is 0 Å². The molecule has 0 spiro atoms. The zero-order chi connectivity index (χ0) is 108. The number of nitrogens with one attached hydrogen (secondary N) is 3. The smallest absolute Gasteiger partial charge is 0.404 e. The van der Waals surface area contributed by atoms with Crippen LogP contribution in [0.15, 0.2) is 261 Å². The first kappa shape index (κ1) is 127. The number of morpholine rings is 1. The Bertz CT molecular complexity index is 5330. The predicted octanol–water partition coefficient (Wildman–Crippen LogP) is 19.3. The zero-order valence-corrected chi connectivity index (χ0v) is 89.8. The highest BCUT2D eigenvalue weighted by atomic mass is 35.5. The molecule has 27 nitrogen and oxygen atoms in total. The molecular weight excluding hydrogens is 1870 g/mol. The van der Waals surface area contributed by atoms with Crippen molar-refractivity contribution in [2.75, 3.05) is 130 Å². The maximum atomic E-state index is 11.2. The van der Waals surface area contributed by atoms with Gasteiger partial charge in [-0.3, -0.25) is 34.0 Å². The number of hydrogen-bond acceptors (Lipinski definition) is 20. The minimum atomic E-state index is -0.780. The second kappa shape index (κ2) is 75.0. The molecule has 0 aliphatic carbocycles. The molecule has 0 atom stereocenters. The van der Waals surface area contributed by atoms with Gasteiger partial charge in [-0.2, -0.15) is 0 Å². The number of amides is 7. The summed E-state index contributed by atoms with van der Waals surface area (Å²) in [6.07, 6.45) is -0.522. The number of carbonyl (C=O) groups is 6. The van der Waals surface area contributed by atoms with E-state index in [9.17, 15) is 28.8 Å². The molecule has 0 bridgehead atoms. The minimum Gasteiger partial charge on any atom is -0.493 e. The number of nitrogens with zero attached hydrogens (tertiary/aromatic N) is 4. The number of nitrogens with two attached hydrogens (primary N) is 6. The van der Waals surface area contributed by atoms with Gasteiger partial charge in [0.2, 0.25) is 17.7 Å². The highest BCUT2D eigenvalue weighted by Crippen LogP contribution is 2.21. The van der Waals surface area contributed by atoms with Crippen molar-refractivity contribution >= 4 is 70.3 Å². The van der Waals surface area contributed by atoms with Gasteiger partial charge in [-0.15, -0.1) is 0 Å². The fraction of sp³-hybridized carbons (Fsp3) is 0.336. The summed E-state index contributed by atoms with van der Waals surface area (Å²) >= 11 is 11.3. The molecule has 0 radical (unpaired) electrons. The molecule has 1 saturated heterocycles. The third-order valence-corrected chi connectivity index (χ3v) is 20.9. The number of likely N-dealkylation sites (N-methyl/N-ethyl adjacent to an activating group) is 1. The van der Waals surface area contributed by atoms with E-state index >= 15 is 0 Å². The lowest BCUT2D eigenvalue weighted by Crippen LogP contribution is -2.35. The number of carbonyl (C=O) groups excluding carboxylic acids is 6. The van der Waals surface area contributed by atoms with E-state index in [2.05, 4.69) is 177 Å². The van der Waals surface area contributed by atoms with Crippen molar-refractivity contribution in [3.63, 3.8) is 0 Å². The lowest BCUT2D eigenvalue weighted by Gasteiger charge is -2.26. The van der Waals surface area contributed by atoms with Crippen LogP contribution in [0.3, 0.4) is 0 Å². The van der Waals surface area contributed by atoms with E-state index < -0.39 is 18.0 Å². The van der Waals surface area contributed by atoms with Gasteiger partial charge in [-0.05, 0) is 265 Å². The molecule has 145 heavy (non-hydrogen) atoms. The fourth-order valence-electron chi connectivity index (χ4n) is 12.6. The maximum absolute atomic E-state index is 11.2. The topological polar surface area (TPSA) is 413 Å². The molecule has 7 amide bonds. The standard InChI is InChI=1S/C13H19NO.C12H19NO2.C11H16N2O.C10H14N2O2.C10H13NO3.C10H13NO2.C9H12N2O.C9H11NO2.C9H12.2C8H11N.C7H6Cl2/c1-11-7-12(2)9-13(8-11)10-14-3-5-15-6-4-14;1-11-3-2-4-12(9-11)10-13(5-7-14)6-8-15;1-9-4-6-10(7-5-9)12-8-11(14)13(2)3;1-8-2-4-9(5-3-8)14-7-6-12-10(11)13;1-8-2-4-9(5-3-8)13-6-7-14-10(11)12;1-8-2-4-9(5-3-8)13-7-6-10(11)12;1-7-2-4-8(5-3-7)11-6-9(10)12;1-7-2-4-8(5-3-7)12-6-9(10)11;1-7-5-4-6-8(2)9(7)3;1-6-4-7(2)9-8(3)5-6;1-7-2-4-8(6-9)5-3-7;1-5-2-6(8)4-7(9)3-5/h7-9H,3-6,10H2,1-2H3;2-4,9,14-15H,5-8,10H2,1H3;4-7,12H,8H2,1-3H3;2-5H,6-7H2,1H3,(H3,11,12,13);2-5H,6-7H2,1H3,(H2,11,12);2-5H,6-7H2,1H3,(H2,11,12);2-5,11H,6H2,1H3,(H2,10,12);2-5H,6H2,1H3,(H2,10,11);4-6H,1-3H3;4-5H,1-3H3;2-5H,6,9H2,1H3;2-4H,1H3. The Morgan fingerprint density at radius 3 is 1.18 bits per heavy atom. The van der Waals surface area contributed by atoms with Crippen LogP contribution in [-0.2, 0) is 48.3 Å². The van der Waals surface area contributed by atoms with Gasteiger partial charge in [0.05, 0.1) is 59.1 Å². The van der Waals surface area contributed by atoms with Gasteiger partial charge in [0.15, 0.2) is 6.61 Å². The molecule has 17 N–H and O–H groups in total. The van der Waals surface area contributed by atoms with Crippen molar-refractivity contribution in [3.05, 3.63) is 382 Å². The molecule has 29 heteroatoms. The SMILES string of the molecule is Cc1cc(C)cc(CN2CCOCC2)c1.Cc1cc(C)nc(C)c1.Cc1cc(Cl)cc(Cl)c1.Cc1ccc(CN)cc1.Cc1ccc(NCC(=O)N(C)C)cc1.Cc1ccc(NCC(N)=O)cc1.Cc1ccc(OCC(N)=O)cc1.Cc1ccc(OCCC(N)=O)cc1.Cc1ccc(OCCNC(N)=O)cc1.Cc1ccc(OCCOC(N)=O)cc1.Cc1cccc(C)c1C.Cc1cccc(CN(CCO)CCO)c1. The number of aryl methyl sites for hydroxylation is 16. The van der Waals surface area contributed by atoms with E-state index in [4.69, 9.17) is 91.5 Å². The van der Waals surface area contributed by atoms with E-state index in [1.165, 1.54) is 89.0 Å². The summed E-state index contributed by atoms with van der Waals surface area (Å²) in [4.78, 5) is 73.2. The van der Waals surface area contributed by atoms with E-state index in [1.54, 1.807) is 37.2 Å². The Morgan fingerprint density at radius 2 is 0.800 bits per heavy atom. The molecular formula is C116H157Cl2N13O14. The van der Waals surface area contributed by atoms with Crippen LogP contribution in [0, 0.1) is 118 Å². The van der Waals surface area contributed by atoms with Crippen LogP contribution >= 0.6 is 23.2 Å². The lowest BCUT2D eigenvalue weighted by atomic mass is 10.1. The molecule has 1 aliphatic heterocycles. The van der Waals surface area contributed by atoms with Crippen molar-refractivity contribution in [3.8, 4) is 23.0 Å². The largest absolute Gasteiger partial charge is 0.493 e. The number of aliphatic hydroxyl groups is 2. The summed E-state index contributed by atoms with van der Waals surface area (Å²) in [7, 11) is 3.50. The highest BCUT2D eigenvalue weighted by Gasteiger charge is 2.12. The molecule has 1 aromatic heterocycles. The maximum Gasteiger partial charge on any atom is 0.404 e. The van der Waals surface area contributed by atoms with Gasteiger partial charge in [-0.25, -0.2) is 9.59 Å². The van der Waals surface area contributed by atoms with Crippen LogP contribution in [0.2, 0.25) is 10.0 Å². The van der Waals surface area contributed by atoms with Crippen LogP contribution < -0.4 is 69.3 Å². The van der Waals surface area contributed by atoms with Crippen molar-refractivity contribution < 1.29 is 67.4 Å². The molecule has 2 heterocycles. The molecule has 11 aromatic carbocycles. The lowest BCUT2D eigenvalue weighted by molar-refractivity contribution is -0.127. The first-order valence-electron chi connectivity index (χ1n) is 47.8. The number of pyridine rings is 1. The molecule has 1 fully saturated rings. The van der Waals surface area contributed by atoms with Crippen molar-refractivity contribution in [1.82, 2.24) is 25.0 Å². The average molecular weight is 2030 g/mol. The summed E-state index contributed by atoms with van der Waals surface area (Å²) in [5.41, 5.74) is 56.8. The number of urea groups is 1. The zero-order valence-electron chi connectivity index (χ0n) is 88.3. The number of rotatable bonds is 30. The first-order valence-corrected chi connectivity index (χ1v) is 48.6. The number of halogens is 2. The Labute approximate surface area is 871 Å². The molecule has 13 rings (SSSR count). The monoisotopic (exact) mass is 2030 g/mol. The Morgan fingerprint density at radius 1 is 0.407 bits per heavy atom. The quantitative estimate of drug-likeness (QED) is 0.0186. The van der Waals surface area contributed by atoms with Gasteiger partial charge in [0.25, 0.3) is 5.91 Å². The predicted molar refractivity (Wildman–Crippen MR) is 592 cm³/mol.